The Bertz CT molecular complexity index is 975. The maximum Gasteiger partial charge on any atom is 0.407 e. The molecule has 2 amide bonds. The van der Waals surface area contributed by atoms with Crippen molar-refractivity contribution in [2.45, 2.75) is 38.1 Å². The van der Waals surface area contributed by atoms with Crippen LogP contribution in [0.4, 0.5) is 4.79 Å². The number of likely N-dealkylation sites (tertiary alicyclic amines) is 1. The number of hydrogen-bond acceptors (Lipinski definition) is 4. The number of amides is 2. The van der Waals surface area contributed by atoms with Gasteiger partial charge in [-0.1, -0.05) is 48.5 Å². The highest BCUT2D eigenvalue weighted by Crippen LogP contribution is 2.44. The van der Waals surface area contributed by atoms with Gasteiger partial charge in [0.25, 0.3) is 0 Å². The third-order valence-corrected chi connectivity index (χ3v) is 6.50. The van der Waals surface area contributed by atoms with E-state index in [-0.39, 0.29) is 44.0 Å². The Hall–Kier alpha value is -3.35. The second-order valence-electron chi connectivity index (χ2n) is 8.51. The number of piperidine rings is 1. The van der Waals surface area contributed by atoms with Gasteiger partial charge in [-0.2, -0.15) is 0 Å². The molecular weight excluding hydrogens is 408 g/mol. The van der Waals surface area contributed by atoms with Crippen LogP contribution in [0, 0.1) is 5.92 Å². The Labute approximate surface area is 187 Å². The standard InChI is InChI=1S/C25H28N2O5/c1-16-10-11-17(24(29)30)14-27(16)23(28)12-13-26-25(31)32-15-22-20-8-4-2-6-18(20)19-7-3-5-9-21(19)22/h2-9,16-17,22H,10-15H2,1H3,(H,26,31)(H,29,30). The molecule has 2 aliphatic rings. The van der Waals surface area contributed by atoms with E-state index in [1.807, 2.05) is 31.2 Å². The summed E-state index contributed by atoms with van der Waals surface area (Å²) in [6, 6.07) is 16.3. The average molecular weight is 437 g/mol. The van der Waals surface area contributed by atoms with Crippen LogP contribution >= 0.6 is 0 Å². The summed E-state index contributed by atoms with van der Waals surface area (Å²) in [5.74, 6) is -1.56. The first-order chi connectivity index (χ1) is 15.5. The Kier molecular flexibility index (Phi) is 6.44. The molecule has 1 aliphatic carbocycles. The number of hydrogen-bond donors (Lipinski definition) is 2. The molecule has 2 aromatic rings. The SMILES string of the molecule is CC1CCC(C(=O)O)CN1C(=O)CCNC(=O)OCC1c2ccccc2-c2ccccc21. The molecule has 1 heterocycles. The Balaban J connectivity index is 1.27. The molecular formula is C25H28N2O5. The molecule has 2 N–H and O–H groups in total. The first kappa shape index (κ1) is 21.9. The van der Waals surface area contributed by atoms with Crippen LogP contribution in [-0.2, 0) is 14.3 Å². The number of aliphatic carboxylic acids is 1. The summed E-state index contributed by atoms with van der Waals surface area (Å²) in [5, 5.41) is 11.9. The second kappa shape index (κ2) is 9.42. The number of carbonyl (C=O) groups excluding carboxylic acids is 2. The number of fused-ring (bicyclic) bond motifs is 3. The number of carboxylic acid groups (broad SMARTS) is 1. The van der Waals surface area contributed by atoms with Crippen molar-refractivity contribution < 1.29 is 24.2 Å². The van der Waals surface area contributed by atoms with Gasteiger partial charge in [-0.15, -0.1) is 0 Å². The van der Waals surface area contributed by atoms with Crippen molar-refractivity contribution in [3.05, 3.63) is 59.7 Å². The first-order valence-electron chi connectivity index (χ1n) is 11.1. The highest BCUT2D eigenvalue weighted by atomic mass is 16.5. The summed E-state index contributed by atoms with van der Waals surface area (Å²) in [5.41, 5.74) is 4.61. The van der Waals surface area contributed by atoms with Crippen LogP contribution in [0.15, 0.2) is 48.5 Å². The van der Waals surface area contributed by atoms with Gasteiger partial charge in [0.1, 0.15) is 6.61 Å². The molecule has 0 spiro atoms. The predicted octanol–water partition coefficient (Wildman–Crippen LogP) is 3.63. The van der Waals surface area contributed by atoms with Crippen LogP contribution in [0.25, 0.3) is 11.1 Å². The van der Waals surface area contributed by atoms with E-state index >= 15 is 0 Å². The fourth-order valence-corrected chi connectivity index (χ4v) is 4.72. The van der Waals surface area contributed by atoms with Crippen LogP contribution in [-0.4, -0.2) is 53.7 Å². The van der Waals surface area contributed by atoms with Crippen LogP contribution in [0.1, 0.15) is 43.2 Å². The van der Waals surface area contributed by atoms with Crippen LogP contribution in [0.5, 0.6) is 0 Å². The number of rotatable bonds is 6. The van der Waals surface area contributed by atoms with Gasteiger partial charge in [0, 0.05) is 31.5 Å². The van der Waals surface area contributed by atoms with E-state index in [9.17, 15) is 19.5 Å². The molecule has 1 fully saturated rings. The van der Waals surface area contributed by atoms with E-state index in [0.29, 0.717) is 12.8 Å². The van der Waals surface area contributed by atoms with Gasteiger partial charge in [0.15, 0.2) is 0 Å². The third kappa shape index (κ3) is 4.47. The van der Waals surface area contributed by atoms with Gasteiger partial charge in [0.05, 0.1) is 5.92 Å². The lowest BCUT2D eigenvalue weighted by molar-refractivity contribution is -0.147. The maximum atomic E-state index is 12.5. The number of benzene rings is 2. The quantitative estimate of drug-likeness (QED) is 0.721. The van der Waals surface area contributed by atoms with E-state index in [1.54, 1.807) is 4.90 Å². The summed E-state index contributed by atoms with van der Waals surface area (Å²) in [6.45, 7) is 2.52. The number of carbonyl (C=O) groups is 3. The van der Waals surface area contributed by atoms with Gasteiger partial charge in [0.2, 0.25) is 5.91 Å². The van der Waals surface area contributed by atoms with Crippen molar-refractivity contribution in [2.24, 2.45) is 5.92 Å². The van der Waals surface area contributed by atoms with Gasteiger partial charge < -0.3 is 20.1 Å². The Morgan fingerprint density at radius 1 is 1.03 bits per heavy atom. The van der Waals surface area contributed by atoms with E-state index < -0.39 is 18.0 Å². The van der Waals surface area contributed by atoms with Crippen molar-refractivity contribution in [1.82, 2.24) is 10.2 Å². The van der Waals surface area contributed by atoms with E-state index in [0.717, 1.165) is 22.3 Å². The van der Waals surface area contributed by atoms with Crippen LogP contribution in [0.3, 0.4) is 0 Å². The molecule has 1 aliphatic heterocycles. The Morgan fingerprint density at radius 3 is 2.28 bits per heavy atom. The van der Waals surface area contributed by atoms with Crippen molar-refractivity contribution in [3.8, 4) is 11.1 Å². The molecule has 0 aromatic heterocycles. The van der Waals surface area contributed by atoms with E-state index in [1.165, 1.54) is 0 Å². The summed E-state index contributed by atoms with van der Waals surface area (Å²) in [7, 11) is 0. The third-order valence-electron chi connectivity index (χ3n) is 6.50. The molecule has 32 heavy (non-hydrogen) atoms. The molecule has 7 nitrogen and oxygen atoms in total. The minimum atomic E-state index is -0.869. The molecule has 168 valence electrons. The minimum absolute atomic E-state index is 0.00699. The highest BCUT2D eigenvalue weighted by Gasteiger charge is 2.32. The Morgan fingerprint density at radius 2 is 1.66 bits per heavy atom. The zero-order valence-electron chi connectivity index (χ0n) is 18.1. The lowest BCUT2D eigenvalue weighted by Crippen LogP contribution is -2.48. The largest absolute Gasteiger partial charge is 0.481 e. The zero-order chi connectivity index (χ0) is 22.7. The number of carboxylic acids is 1. The first-order valence-corrected chi connectivity index (χ1v) is 11.1. The van der Waals surface area contributed by atoms with E-state index in [2.05, 4.69) is 29.6 Å². The van der Waals surface area contributed by atoms with Crippen LogP contribution in [0.2, 0.25) is 0 Å². The van der Waals surface area contributed by atoms with Gasteiger partial charge >= 0.3 is 12.1 Å². The van der Waals surface area contributed by atoms with Crippen molar-refractivity contribution in [1.29, 1.82) is 0 Å². The zero-order valence-corrected chi connectivity index (χ0v) is 18.1. The smallest absolute Gasteiger partial charge is 0.407 e. The number of nitrogens with zero attached hydrogens (tertiary/aromatic N) is 1. The molecule has 1 saturated heterocycles. The highest BCUT2D eigenvalue weighted by molar-refractivity contribution is 5.80. The summed E-state index contributed by atoms with van der Waals surface area (Å²) in [4.78, 5) is 37.7. The predicted molar refractivity (Wildman–Crippen MR) is 119 cm³/mol. The number of nitrogens with one attached hydrogen (secondary N) is 1. The maximum absolute atomic E-state index is 12.5. The summed E-state index contributed by atoms with van der Waals surface area (Å²) in [6.07, 6.45) is 0.802. The van der Waals surface area contributed by atoms with E-state index in [4.69, 9.17) is 4.74 Å². The molecule has 0 saturated carbocycles. The van der Waals surface area contributed by atoms with Gasteiger partial charge in [-0.3, -0.25) is 9.59 Å². The number of ether oxygens (including phenoxy) is 1. The fraction of sp³-hybridized carbons (Fsp3) is 0.400. The monoisotopic (exact) mass is 436 g/mol. The molecule has 0 radical (unpaired) electrons. The van der Waals surface area contributed by atoms with Crippen LogP contribution < -0.4 is 5.32 Å². The normalized spacial score (nSPS) is 19.7. The number of alkyl carbamates (subject to hydrolysis) is 1. The van der Waals surface area contributed by atoms with Crippen molar-refractivity contribution in [3.63, 3.8) is 0 Å². The second-order valence-corrected chi connectivity index (χ2v) is 8.51. The molecule has 7 heteroatoms. The average Bonchev–Trinajstić information content (AvgIpc) is 3.11. The topological polar surface area (TPSA) is 95.9 Å². The van der Waals surface area contributed by atoms with Crippen molar-refractivity contribution in [2.75, 3.05) is 19.7 Å². The molecule has 2 atom stereocenters. The van der Waals surface area contributed by atoms with Gasteiger partial charge in [-0.25, -0.2) is 4.79 Å². The molecule has 2 unspecified atom stereocenters. The molecule has 0 bridgehead atoms. The van der Waals surface area contributed by atoms with Crippen molar-refractivity contribution >= 4 is 18.0 Å². The lowest BCUT2D eigenvalue weighted by Gasteiger charge is -2.36. The fourth-order valence-electron chi connectivity index (χ4n) is 4.72. The minimum Gasteiger partial charge on any atom is -0.481 e. The lowest BCUT2D eigenvalue weighted by atomic mass is 9.93. The molecule has 2 aromatic carbocycles. The summed E-state index contributed by atoms with van der Waals surface area (Å²) >= 11 is 0. The molecule has 4 rings (SSSR count). The van der Waals surface area contributed by atoms with Gasteiger partial charge in [-0.05, 0) is 42.0 Å². The summed E-state index contributed by atoms with van der Waals surface area (Å²) < 4.78 is 5.48.